The summed E-state index contributed by atoms with van der Waals surface area (Å²) < 4.78 is 0. The maximum absolute atomic E-state index is 9.10. The van der Waals surface area contributed by atoms with Crippen molar-refractivity contribution in [3.05, 3.63) is 0 Å². The summed E-state index contributed by atoms with van der Waals surface area (Å²) in [4.78, 5) is 36.4. The molecule has 0 aromatic rings. The second-order valence-electron chi connectivity index (χ2n) is 1.22. The zero-order valence-corrected chi connectivity index (χ0v) is 13.7. The summed E-state index contributed by atoms with van der Waals surface area (Å²) >= 11 is 0. The van der Waals surface area contributed by atoms with E-state index in [2.05, 4.69) is 0 Å². The largest absolute Gasteiger partial charge is 0.473 e. The fourth-order valence-electron chi connectivity index (χ4n) is 0. The van der Waals surface area contributed by atoms with Gasteiger partial charge in [-0.1, -0.05) is 0 Å². The topological polar surface area (TPSA) is 149 Å². The zero-order chi connectivity index (χ0) is 10.3. The smallest absolute Gasteiger partial charge is 0.414 e. The standard InChI is InChI=1S/2C2H2O4.K.2Ti/c2*3-1(4)2(5)6;;;/h2*(H,3,4)(H,5,6);;;. The average Bonchev–Trinajstić information content (AvgIpc) is 1.88. The van der Waals surface area contributed by atoms with Crippen molar-refractivity contribution in [1.29, 1.82) is 0 Å². The predicted octanol–water partition coefficient (Wildman–Crippen LogP) is -2.07. The Bertz CT molecular complexity index is 181. The van der Waals surface area contributed by atoms with Gasteiger partial charge in [0.05, 0.1) is 0 Å². The Kier molecular flexibility index (Phi) is 34.4. The first-order chi connectivity index (χ1) is 5.29. The summed E-state index contributed by atoms with van der Waals surface area (Å²) in [6, 6.07) is 0. The minimum Gasteiger partial charge on any atom is -0.473 e. The minimum absolute atomic E-state index is 0. The van der Waals surface area contributed by atoms with Crippen molar-refractivity contribution in [1.82, 2.24) is 0 Å². The number of rotatable bonds is 0. The molecule has 0 bridgehead atoms. The van der Waals surface area contributed by atoms with Crippen LogP contribution in [0.25, 0.3) is 0 Å². The van der Waals surface area contributed by atoms with Crippen LogP contribution in [0, 0.1) is 0 Å². The minimum atomic E-state index is -1.82. The summed E-state index contributed by atoms with van der Waals surface area (Å²) in [5.41, 5.74) is 0. The third-order valence-corrected chi connectivity index (χ3v) is 0.366. The van der Waals surface area contributed by atoms with E-state index in [-0.39, 0.29) is 94.8 Å². The molecule has 0 aliphatic carbocycles. The van der Waals surface area contributed by atoms with Gasteiger partial charge in [0, 0.05) is 94.8 Å². The Morgan fingerprint density at radius 1 is 0.533 bits per heavy atom. The Morgan fingerprint density at radius 2 is 0.600 bits per heavy atom. The van der Waals surface area contributed by atoms with Gasteiger partial charge in [-0.2, -0.15) is 0 Å². The van der Waals surface area contributed by atoms with Crippen LogP contribution in [0.4, 0.5) is 0 Å². The Labute approximate surface area is 156 Å². The molecule has 0 aliphatic heterocycles. The van der Waals surface area contributed by atoms with Crippen molar-refractivity contribution < 1.29 is 83.0 Å². The van der Waals surface area contributed by atoms with Crippen molar-refractivity contribution >= 4 is 75.3 Å². The SMILES string of the molecule is O=C(O)C(=O)O.O=C(O)C(=O)O.[K].[Ti].[Ti]. The number of carboxylic acid groups (broad SMARTS) is 4. The van der Waals surface area contributed by atoms with Gasteiger partial charge in [-0.3, -0.25) is 0 Å². The van der Waals surface area contributed by atoms with Crippen LogP contribution in [0.3, 0.4) is 0 Å². The first-order valence-corrected chi connectivity index (χ1v) is 2.21. The average molecular weight is 315 g/mol. The molecule has 0 saturated carbocycles. The van der Waals surface area contributed by atoms with Crippen LogP contribution in [0.2, 0.25) is 0 Å². The number of aliphatic carboxylic acids is 4. The number of hydrogen-bond acceptors (Lipinski definition) is 4. The van der Waals surface area contributed by atoms with Gasteiger partial charge in [0.25, 0.3) is 0 Å². The maximum atomic E-state index is 9.10. The van der Waals surface area contributed by atoms with Crippen LogP contribution in [0.15, 0.2) is 0 Å². The molecule has 4 N–H and O–H groups in total. The van der Waals surface area contributed by atoms with Gasteiger partial charge >= 0.3 is 23.9 Å². The van der Waals surface area contributed by atoms with E-state index in [4.69, 9.17) is 39.6 Å². The third-order valence-electron chi connectivity index (χ3n) is 0.366. The normalized spacial score (nSPS) is 5.87. The van der Waals surface area contributed by atoms with Gasteiger partial charge in [0.2, 0.25) is 0 Å². The summed E-state index contributed by atoms with van der Waals surface area (Å²) in [6.07, 6.45) is 0. The van der Waals surface area contributed by atoms with E-state index in [1.54, 1.807) is 0 Å². The molecule has 11 heteroatoms. The van der Waals surface area contributed by atoms with E-state index in [0.717, 1.165) is 0 Å². The van der Waals surface area contributed by atoms with Crippen molar-refractivity contribution in [2.75, 3.05) is 0 Å². The molecule has 0 spiro atoms. The van der Waals surface area contributed by atoms with Gasteiger partial charge in [-0.25, -0.2) is 19.2 Å². The number of carboxylic acids is 4. The molecule has 1 radical (unpaired) electrons. The van der Waals surface area contributed by atoms with Gasteiger partial charge in [0.15, 0.2) is 0 Å². The molecule has 0 amide bonds. The number of hydrogen-bond donors (Lipinski definition) is 4. The molecular weight excluding hydrogens is 311 g/mol. The molecule has 0 aromatic carbocycles. The molecule has 0 heterocycles. The van der Waals surface area contributed by atoms with Crippen LogP contribution in [-0.2, 0) is 62.6 Å². The van der Waals surface area contributed by atoms with E-state index in [1.807, 2.05) is 0 Å². The fraction of sp³-hybridized carbons (Fsp3) is 0. The van der Waals surface area contributed by atoms with Crippen molar-refractivity contribution in [2.24, 2.45) is 0 Å². The predicted molar refractivity (Wildman–Crippen MR) is 36.3 cm³/mol. The van der Waals surface area contributed by atoms with E-state index < -0.39 is 23.9 Å². The van der Waals surface area contributed by atoms with Gasteiger partial charge < -0.3 is 20.4 Å². The molecule has 77 valence electrons. The second-order valence-corrected chi connectivity index (χ2v) is 1.22. The molecule has 0 aliphatic rings. The summed E-state index contributed by atoms with van der Waals surface area (Å²) in [7, 11) is 0. The molecule has 0 aromatic heterocycles. The molecule has 15 heavy (non-hydrogen) atoms. The molecular formula is C4H4KO8Ti2. The molecule has 0 saturated heterocycles. The Morgan fingerprint density at radius 3 is 0.600 bits per heavy atom. The second kappa shape index (κ2) is 17.3. The first kappa shape index (κ1) is 29.7. The van der Waals surface area contributed by atoms with Crippen LogP contribution >= 0.6 is 0 Å². The van der Waals surface area contributed by atoms with Crippen LogP contribution in [0.1, 0.15) is 0 Å². The van der Waals surface area contributed by atoms with Crippen molar-refractivity contribution in [3.63, 3.8) is 0 Å². The van der Waals surface area contributed by atoms with E-state index in [1.165, 1.54) is 0 Å². The van der Waals surface area contributed by atoms with Gasteiger partial charge in [-0.15, -0.1) is 0 Å². The van der Waals surface area contributed by atoms with Crippen LogP contribution in [0.5, 0.6) is 0 Å². The molecule has 8 nitrogen and oxygen atoms in total. The monoisotopic (exact) mass is 315 g/mol. The van der Waals surface area contributed by atoms with E-state index in [9.17, 15) is 0 Å². The van der Waals surface area contributed by atoms with Crippen molar-refractivity contribution in [2.45, 2.75) is 0 Å². The Balaban J connectivity index is -0.0000000370. The summed E-state index contributed by atoms with van der Waals surface area (Å²) in [5.74, 6) is -7.30. The zero-order valence-electron chi connectivity index (χ0n) is 7.42. The molecule has 0 fully saturated rings. The van der Waals surface area contributed by atoms with Crippen LogP contribution in [-0.4, -0.2) is 95.7 Å². The Hall–Kier alpha value is 0.945. The maximum Gasteiger partial charge on any atom is 0.414 e. The van der Waals surface area contributed by atoms with E-state index >= 15 is 0 Å². The van der Waals surface area contributed by atoms with Gasteiger partial charge in [-0.05, 0) is 0 Å². The quantitative estimate of drug-likeness (QED) is 0.294. The molecule has 0 unspecified atom stereocenters. The molecule has 0 atom stereocenters. The summed E-state index contributed by atoms with van der Waals surface area (Å²) in [5, 5.41) is 29.6. The first-order valence-electron chi connectivity index (χ1n) is 2.21. The fourth-order valence-corrected chi connectivity index (χ4v) is 0. The van der Waals surface area contributed by atoms with Crippen LogP contribution < -0.4 is 0 Å². The van der Waals surface area contributed by atoms with E-state index in [0.29, 0.717) is 0 Å². The van der Waals surface area contributed by atoms with Crippen molar-refractivity contribution in [3.8, 4) is 0 Å². The van der Waals surface area contributed by atoms with Gasteiger partial charge in [0.1, 0.15) is 0 Å². The summed E-state index contributed by atoms with van der Waals surface area (Å²) in [6.45, 7) is 0. The molecule has 0 rings (SSSR count). The number of carbonyl (C=O) groups is 4. The third kappa shape index (κ3) is 31.3.